The largest absolute Gasteiger partial charge is 0.466 e. The van der Waals surface area contributed by atoms with Crippen LogP contribution in [0.5, 0.6) is 0 Å². The second-order valence-electron chi connectivity index (χ2n) is 4.55. The van der Waals surface area contributed by atoms with Gasteiger partial charge in [-0.05, 0) is 12.3 Å². The average molecular weight is 229 g/mol. The number of carbonyl (C=O) groups excluding carboxylic acids is 2. The fourth-order valence-electron chi connectivity index (χ4n) is 2.06. The Hall–Kier alpha value is -1.10. The van der Waals surface area contributed by atoms with Crippen LogP contribution in [0.2, 0.25) is 0 Å². The van der Waals surface area contributed by atoms with Gasteiger partial charge in [-0.25, -0.2) is 5.06 Å². The molecule has 1 aliphatic carbocycles. The van der Waals surface area contributed by atoms with Crippen molar-refractivity contribution in [3.8, 4) is 0 Å². The van der Waals surface area contributed by atoms with Crippen molar-refractivity contribution in [1.82, 2.24) is 5.06 Å². The first-order chi connectivity index (χ1) is 7.37. The van der Waals surface area contributed by atoms with Gasteiger partial charge >= 0.3 is 5.97 Å². The van der Waals surface area contributed by atoms with Gasteiger partial charge in [0.25, 0.3) is 0 Å². The van der Waals surface area contributed by atoms with Gasteiger partial charge in [0, 0.05) is 7.05 Å². The number of hydrogen-bond donors (Lipinski definition) is 0. The van der Waals surface area contributed by atoms with E-state index in [-0.39, 0.29) is 29.1 Å². The van der Waals surface area contributed by atoms with Gasteiger partial charge in [-0.3, -0.25) is 14.4 Å². The van der Waals surface area contributed by atoms with E-state index in [4.69, 9.17) is 9.57 Å². The molecule has 0 saturated heterocycles. The maximum atomic E-state index is 11.9. The summed E-state index contributed by atoms with van der Waals surface area (Å²) in [5.41, 5.74) is -0.337. The topological polar surface area (TPSA) is 55.8 Å². The molecule has 0 radical (unpaired) electrons. The molecule has 16 heavy (non-hydrogen) atoms. The number of hydroxylamine groups is 2. The molecule has 1 amide bonds. The van der Waals surface area contributed by atoms with Crippen molar-refractivity contribution in [2.45, 2.75) is 20.8 Å². The van der Waals surface area contributed by atoms with Gasteiger partial charge in [-0.15, -0.1) is 0 Å². The Labute approximate surface area is 95.6 Å². The van der Waals surface area contributed by atoms with Gasteiger partial charge in [0.15, 0.2) is 0 Å². The fourth-order valence-corrected chi connectivity index (χ4v) is 2.06. The SMILES string of the molecule is CCOC(=O)[C@@H]1[C@@H](C(=O)N(C)OC)C1(C)C. The Bertz CT molecular complexity index is 300. The second kappa shape index (κ2) is 4.41. The number of amides is 1. The van der Waals surface area contributed by atoms with Crippen molar-refractivity contribution >= 4 is 11.9 Å². The molecule has 1 fully saturated rings. The third-order valence-corrected chi connectivity index (χ3v) is 3.22. The van der Waals surface area contributed by atoms with E-state index in [0.29, 0.717) is 6.61 Å². The number of rotatable bonds is 4. The average Bonchev–Trinajstić information content (AvgIpc) is 2.79. The number of nitrogens with zero attached hydrogens (tertiary/aromatic N) is 1. The molecule has 0 aliphatic heterocycles. The van der Waals surface area contributed by atoms with Gasteiger partial charge in [-0.1, -0.05) is 13.8 Å². The van der Waals surface area contributed by atoms with E-state index >= 15 is 0 Å². The lowest BCUT2D eigenvalue weighted by Gasteiger charge is -2.14. The molecule has 0 aromatic rings. The summed E-state index contributed by atoms with van der Waals surface area (Å²) in [7, 11) is 2.96. The number of hydrogen-bond acceptors (Lipinski definition) is 4. The van der Waals surface area contributed by atoms with Crippen molar-refractivity contribution in [3.63, 3.8) is 0 Å². The highest BCUT2D eigenvalue weighted by Gasteiger charge is 2.67. The van der Waals surface area contributed by atoms with Gasteiger partial charge in [0.1, 0.15) is 0 Å². The van der Waals surface area contributed by atoms with E-state index in [1.807, 2.05) is 13.8 Å². The Morgan fingerprint density at radius 1 is 1.31 bits per heavy atom. The van der Waals surface area contributed by atoms with E-state index in [9.17, 15) is 9.59 Å². The molecule has 2 atom stereocenters. The third-order valence-electron chi connectivity index (χ3n) is 3.22. The predicted octanol–water partition coefficient (Wildman–Crippen LogP) is 0.841. The molecule has 5 heteroatoms. The van der Waals surface area contributed by atoms with Crippen LogP contribution in [0, 0.1) is 17.3 Å². The third kappa shape index (κ3) is 2.04. The molecule has 0 aromatic carbocycles. The van der Waals surface area contributed by atoms with Crippen LogP contribution in [0.15, 0.2) is 0 Å². The molecule has 1 saturated carbocycles. The summed E-state index contributed by atoms with van der Waals surface area (Å²) in [5.74, 6) is -1.16. The van der Waals surface area contributed by atoms with Crippen molar-refractivity contribution in [1.29, 1.82) is 0 Å². The quantitative estimate of drug-likeness (QED) is 0.529. The summed E-state index contributed by atoms with van der Waals surface area (Å²) in [6, 6.07) is 0. The highest BCUT2D eigenvalue weighted by molar-refractivity contribution is 5.91. The molecular weight excluding hydrogens is 210 g/mol. The van der Waals surface area contributed by atoms with E-state index in [0.717, 1.165) is 5.06 Å². The summed E-state index contributed by atoms with van der Waals surface area (Å²) < 4.78 is 4.94. The van der Waals surface area contributed by atoms with Crippen molar-refractivity contribution in [2.75, 3.05) is 20.8 Å². The molecule has 0 unspecified atom stereocenters. The second-order valence-corrected chi connectivity index (χ2v) is 4.55. The molecule has 0 aromatic heterocycles. The van der Waals surface area contributed by atoms with E-state index in [2.05, 4.69) is 0 Å². The first-order valence-corrected chi connectivity index (χ1v) is 5.36. The first kappa shape index (κ1) is 13.0. The zero-order chi connectivity index (χ0) is 12.5. The minimum Gasteiger partial charge on any atom is -0.466 e. The van der Waals surface area contributed by atoms with Gasteiger partial charge in [0.2, 0.25) is 5.91 Å². The smallest absolute Gasteiger partial charge is 0.310 e. The standard InChI is InChI=1S/C11H19NO4/c1-6-16-10(14)8-7(11(8,2)3)9(13)12(4)15-5/h7-8H,6H2,1-5H3/t7-,8-/m0/s1. The Kier molecular flexibility index (Phi) is 3.57. The maximum Gasteiger partial charge on any atom is 0.310 e. The number of esters is 1. The molecule has 5 nitrogen and oxygen atoms in total. The predicted molar refractivity (Wildman–Crippen MR) is 57.2 cm³/mol. The Balaban J connectivity index is 2.70. The van der Waals surface area contributed by atoms with E-state index < -0.39 is 0 Å². The highest BCUT2D eigenvalue weighted by Crippen LogP contribution is 2.59. The van der Waals surface area contributed by atoms with Crippen LogP contribution in [-0.2, 0) is 19.2 Å². The fraction of sp³-hybridized carbons (Fsp3) is 0.818. The summed E-state index contributed by atoms with van der Waals surface area (Å²) in [4.78, 5) is 28.3. The first-order valence-electron chi connectivity index (χ1n) is 5.36. The normalized spacial score (nSPS) is 26.1. The molecule has 1 aliphatic rings. The molecule has 0 bridgehead atoms. The van der Waals surface area contributed by atoms with Crippen molar-refractivity contribution in [3.05, 3.63) is 0 Å². The van der Waals surface area contributed by atoms with Crippen molar-refractivity contribution in [2.24, 2.45) is 17.3 Å². The molecule has 92 valence electrons. The Morgan fingerprint density at radius 3 is 2.31 bits per heavy atom. The minimum absolute atomic E-state index is 0.175. The number of ether oxygens (including phenoxy) is 1. The van der Waals surface area contributed by atoms with Crippen LogP contribution in [0.4, 0.5) is 0 Å². The lowest BCUT2D eigenvalue weighted by Crippen LogP contribution is -2.29. The van der Waals surface area contributed by atoms with Crippen LogP contribution in [-0.4, -0.2) is 37.7 Å². The highest BCUT2D eigenvalue weighted by atomic mass is 16.7. The molecule has 0 spiro atoms. The van der Waals surface area contributed by atoms with E-state index in [1.54, 1.807) is 14.0 Å². The van der Waals surface area contributed by atoms with Gasteiger partial charge < -0.3 is 4.74 Å². The lowest BCUT2D eigenvalue weighted by atomic mass is 10.1. The van der Waals surface area contributed by atoms with Gasteiger partial charge in [-0.2, -0.15) is 0 Å². The van der Waals surface area contributed by atoms with E-state index in [1.165, 1.54) is 7.11 Å². The summed E-state index contributed by atoms with van der Waals surface area (Å²) in [6.07, 6.45) is 0. The Morgan fingerprint density at radius 2 is 1.88 bits per heavy atom. The van der Waals surface area contributed by atoms with Crippen LogP contribution < -0.4 is 0 Å². The van der Waals surface area contributed by atoms with Crippen LogP contribution in [0.1, 0.15) is 20.8 Å². The molecule has 0 heterocycles. The summed E-state index contributed by atoms with van der Waals surface area (Å²) in [6.45, 7) is 5.87. The van der Waals surface area contributed by atoms with Crippen LogP contribution >= 0.6 is 0 Å². The minimum atomic E-state index is -0.349. The zero-order valence-corrected chi connectivity index (χ0v) is 10.4. The van der Waals surface area contributed by atoms with Gasteiger partial charge in [0.05, 0.1) is 25.6 Å². The summed E-state index contributed by atoms with van der Waals surface area (Å²) in [5, 5.41) is 1.16. The van der Waals surface area contributed by atoms with Crippen molar-refractivity contribution < 1.29 is 19.2 Å². The lowest BCUT2D eigenvalue weighted by molar-refractivity contribution is -0.172. The molecule has 1 rings (SSSR count). The molecular formula is C11H19NO4. The zero-order valence-electron chi connectivity index (χ0n) is 10.4. The monoisotopic (exact) mass is 229 g/mol. The van der Waals surface area contributed by atoms with Crippen LogP contribution in [0.25, 0.3) is 0 Å². The maximum absolute atomic E-state index is 11.9. The summed E-state index contributed by atoms with van der Waals surface area (Å²) >= 11 is 0. The van der Waals surface area contributed by atoms with Crippen LogP contribution in [0.3, 0.4) is 0 Å². The number of carbonyl (C=O) groups is 2. The molecule has 0 N–H and O–H groups in total.